The summed E-state index contributed by atoms with van der Waals surface area (Å²) in [6, 6.07) is 9.99. The van der Waals surface area contributed by atoms with Gasteiger partial charge in [0.15, 0.2) is 0 Å². The molecule has 1 aromatic heterocycles. The van der Waals surface area contributed by atoms with Gasteiger partial charge in [0.2, 0.25) is 0 Å². The second-order valence-corrected chi connectivity index (χ2v) is 5.42. The van der Waals surface area contributed by atoms with E-state index in [1.165, 1.54) is 5.69 Å². The molecule has 1 saturated heterocycles. The maximum Gasteiger partial charge on any atom is 0.137 e. The highest BCUT2D eigenvalue weighted by atomic mass is 15.3. The molecule has 21 heavy (non-hydrogen) atoms. The number of hydrogen-bond donors (Lipinski definition) is 0. The average molecular weight is 281 g/mol. The zero-order valence-electron chi connectivity index (χ0n) is 12.2. The van der Waals surface area contributed by atoms with Gasteiger partial charge in [0.05, 0.1) is 11.6 Å². The monoisotopic (exact) mass is 281 g/mol. The molecule has 0 bridgehead atoms. The Morgan fingerprint density at radius 3 is 2.86 bits per heavy atom. The fourth-order valence-corrected chi connectivity index (χ4v) is 2.99. The molecule has 1 aromatic carbocycles. The van der Waals surface area contributed by atoms with Gasteiger partial charge in [0.1, 0.15) is 12.2 Å². The minimum absolute atomic E-state index is 0.428. The molecule has 1 atom stereocenters. The van der Waals surface area contributed by atoms with Crippen LogP contribution >= 0.6 is 0 Å². The van der Waals surface area contributed by atoms with Crippen LogP contribution in [0.15, 0.2) is 30.6 Å². The van der Waals surface area contributed by atoms with Crippen LogP contribution in [0.25, 0.3) is 0 Å². The number of aryl methyl sites for hydroxylation is 1. The van der Waals surface area contributed by atoms with Crippen molar-refractivity contribution in [3.05, 3.63) is 42.0 Å². The number of nitriles is 1. The van der Waals surface area contributed by atoms with Gasteiger partial charge >= 0.3 is 0 Å². The van der Waals surface area contributed by atoms with Crippen LogP contribution in [0.2, 0.25) is 0 Å². The number of aromatic nitrogens is 3. The second-order valence-electron chi connectivity index (χ2n) is 5.42. The summed E-state index contributed by atoms with van der Waals surface area (Å²) < 4.78 is 2.13. The Bertz CT molecular complexity index is 637. The summed E-state index contributed by atoms with van der Waals surface area (Å²) in [6.07, 6.45) is 4.13. The third kappa shape index (κ3) is 2.75. The molecule has 0 amide bonds. The highest BCUT2D eigenvalue weighted by molar-refractivity contribution is 5.50. The molecule has 2 heterocycles. The van der Waals surface area contributed by atoms with Gasteiger partial charge in [-0.2, -0.15) is 5.26 Å². The third-order valence-corrected chi connectivity index (χ3v) is 4.13. The Morgan fingerprint density at radius 1 is 1.33 bits per heavy atom. The predicted molar refractivity (Wildman–Crippen MR) is 81.0 cm³/mol. The highest BCUT2D eigenvalue weighted by Crippen LogP contribution is 2.29. The fourth-order valence-electron chi connectivity index (χ4n) is 2.99. The summed E-state index contributed by atoms with van der Waals surface area (Å²) in [4.78, 5) is 2.38. The SMILES string of the molecule is CCn1cnnc1C1CCCN(c2ccc(C#N)cc2)C1. The summed E-state index contributed by atoms with van der Waals surface area (Å²) in [7, 11) is 0. The van der Waals surface area contributed by atoms with E-state index < -0.39 is 0 Å². The molecule has 1 fully saturated rings. The Labute approximate surface area is 124 Å². The molecule has 5 heteroatoms. The minimum Gasteiger partial charge on any atom is -0.371 e. The number of benzene rings is 1. The van der Waals surface area contributed by atoms with E-state index in [9.17, 15) is 0 Å². The summed E-state index contributed by atoms with van der Waals surface area (Å²) in [5.41, 5.74) is 1.89. The minimum atomic E-state index is 0.428. The maximum atomic E-state index is 8.88. The summed E-state index contributed by atoms with van der Waals surface area (Å²) in [5, 5.41) is 17.2. The van der Waals surface area contributed by atoms with Crippen molar-refractivity contribution < 1.29 is 0 Å². The first-order valence-electron chi connectivity index (χ1n) is 7.44. The standard InChI is InChI=1S/C16H19N5/c1-2-20-12-18-19-16(20)14-4-3-9-21(11-14)15-7-5-13(10-17)6-8-15/h5-8,12,14H,2-4,9,11H2,1H3. The van der Waals surface area contributed by atoms with Crippen molar-refractivity contribution in [1.82, 2.24) is 14.8 Å². The molecule has 2 aromatic rings. The lowest BCUT2D eigenvalue weighted by Crippen LogP contribution is -2.35. The quantitative estimate of drug-likeness (QED) is 0.867. The van der Waals surface area contributed by atoms with Crippen LogP contribution in [0.1, 0.15) is 37.1 Å². The lowest BCUT2D eigenvalue weighted by atomic mass is 9.96. The van der Waals surface area contributed by atoms with E-state index in [1.54, 1.807) is 0 Å². The van der Waals surface area contributed by atoms with E-state index in [0.29, 0.717) is 11.5 Å². The van der Waals surface area contributed by atoms with Crippen LogP contribution in [0.3, 0.4) is 0 Å². The van der Waals surface area contributed by atoms with Crippen molar-refractivity contribution in [1.29, 1.82) is 5.26 Å². The molecule has 0 spiro atoms. The van der Waals surface area contributed by atoms with Gasteiger partial charge in [-0.05, 0) is 44.0 Å². The Hall–Kier alpha value is -2.35. The Balaban J connectivity index is 1.78. The molecule has 0 saturated carbocycles. The number of rotatable bonds is 3. The van der Waals surface area contributed by atoms with E-state index in [0.717, 1.165) is 38.3 Å². The number of piperidine rings is 1. The normalized spacial score (nSPS) is 18.5. The van der Waals surface area contributed by atoms with Crippen LogP contribution in [-0.2, 0) is 6.54 Å². The van der Waals surface area contributed by atoms with Crippen LogP contribution in [-0.4, -0.2) is 27.9 Å². The molecule has 5 nitrogen and oxygen atoms in total. The van der Waals surface area contributed by atoms with Gasteiger partial charge in [-0.15, -0.1) is 10.2 Å². The van der Waals surface area contributed by atoms with Crippen LogP contribution < -0.4 is 4.90 Å². The first-order chi connectivity index (χ1) is 10.3. The highest BCUT2D eigenvalue weighted by Gasteiger charge is 2.25. The van der Waals surface area contributed by atoms with E-state index in [-0.39, 0.29) is 0 Å². The summed E-state index contributed by atoms with van der Waals surface area (Å²) in [5.74, 6) is 1.52. The van der Waals surface area contributed by atoms with Crippen LogP contribution in [0, 0.1) is 11.3 Å². The van der Waals surface area contributed by atoms with Gasteiger partial charge in [-0.1, -0.05) is 0 Å². The molecule has 1 unspecified atom stereocenters. The number of anilines is 1. The van der Waals surface area contributed by atoms with E-state index in [4.69, 9.17) is 5.26 Å². The summed E-state index contributed by atoms with van der Waals surface area (Å²) >= 11 is 0. The predicted octanol–water partition coefficient (Wildman–Crippen LogP) is 2.55. The van der Waals surface area contributed by atoms with Crippen LogP contribution in [0.4, 0.5) is 5.69 Å². The van der Waals surface area contributed by atoms with E-state index in [2.05, 4.69) is 32.7 Å². The van der Waals surface area contributed by atoms with Crippen molar-refractivity contribution in [2.45, 2.75) is 32.2 Å². The van der Waals surface area contributed by atoms with Crippen molar-refractivity contribution in [2.75, 3.05) is 18.0 Å². The molecule has 0 radical (unpaired) electrons. The van der Waals surface area contributed by atoms with Gasteiger partial charge in [-0.25, -0.2) is 0 Å². The van der Waals surface area contributed by atoms with Crippen molar-refractivity contribution >= 4 is 5.69 Å². The Kier molecular flexibility index (Phi) is 3.87. The Morgan fingerprint density at radius 2 is 2.14 bits per heavy atom. The lowest BCUT2D eigenvalue weighted by Gasteiger charge is -2.34. The zero-order chi connectivity index (χ0) is 14.7. The molecule has 0 N–H and O–H groups in total. The smallest absolute Gasteiger partial charge is 0.137 e. The topological polar surface area (TPSA) is 57.7 Å². The molecule has 1 aliphatic heterocycles. The number of hydrogen-bond acceptors (Lipinski definition) is 4. The third-order valence-electron chi connectivity index (χ3n) is 4.13. The first-order valence-corrected chi connectivity index (χ1v) is 7.44. The number of nitrogens with zero attached hydrogens (tertiary/aromatic N) is 5. The van der Waals surface area contributed by atoms with Crippen molar-refractivity contribution in [2.24, 2.45) is 0 Å². The summed E-state index contributed by atoms with van der Waals surface area (Å²) in [6.45, 7) is 5.05. The molecule has 1 aliphatic rings. The van der Waals surface area contributed by atoms with Gasteiger partial charge in [-0.3, -0.25) is 0 Å². The van der Waals surface area contributed by atoms with Crippen molar-refractivity contribution in [3.63, 3.8) is 0 Å². The molecular formula is C16H19N5. The zero-order valence-corrected chi connectivity index (χ0v) is 12.2. The molecular weight excluding hydrogens is 262 g/mol. The van der Waals surface area contributed by atoms with Gasteiger partial charge in [0, 0.05) is 31.2 Å². The maximum absolute atomic E-state index is 8.88. The lowest BCUT2D eigenvalue weighted by molar-refractivity contribution is 0.473. The van der Waals surface area contributed by atoms with Crippen LogP contribution in [0.5, 0.6) is 0 Å². The van der Waals surface area contributed by atoms with E-state index in [1.807, 2.05) is 30.6 Å². The van der Waals surface area contributed by atoms with Gasteiger partial charge in [0.25, 0.3) is 0 Å². The van der Waals surface area contributed by atoms with Crippen molar-refractivity contribution in [3.8, 4) is 6.07 Å². The second kappa shape index (κ2) is 5.96. The molecule has 3 rings (SSSR count). The average Bonchev–Trinajstić information content (AvgIpc) is 3.04. The van der Waals surface area contributed by atoms with E-state index >= 15 is 0 Å². The first kappa shape index (κ1) is 13.6. The van der Waals surface area contributed by atoms with Gasteiger partial charge < -0.3 is 9.47 Å². The molecule has 108 valence electrons. The fraction of sp³-hybridized carbons (Fsp3) is 0.438. The largest absolute Gasteiger partial charge is 0.371 e. The molecule has 0 aliphatic carbocycles.